The smallest absolute Gasteiger partial charge is 0.222 e. The Morgan fingerprint density at radius 3 is 2.26 bits per heavy atom. The molecular weight excluding hydrogens is 382 g/mol. The molecule has 1 aliphatic heterocycles. The van der Waals surface area contributed by atoms with Crippen molar-refractivity contribution in [1.29, 1.82) is 0 Å². The predicted octanol–water partition coefficient (Wildman–Crippen LogP) is 4.77. The molecule has 0 aliphatic carbocycles. The van der Waals surface area contributed by atoms with Crippen LogP contribution in [0.4, 0.5) is 0 Å². The predicted molar refractivity (Wildman–Crippen MR) is 125 cm³/mol. The molecule has 31 heavy (non-hydrogen) atoms. The van der Waals surface area contributed by atoms with Crippen molar-refractivity contribution in [1.82, 2.24) is 15.2 Å². The van der Waals surface area contributed by atoms with Crippen molar-refractivity contribution in [2.75, 3.05) is 13.1 Å². The van der Waals surface area contributed by atoms with Gasteiger partial charge in [0.2, 0.25) is 5.91 Å². The van der Waals surface area contributed by atoms with Gasteiger partial charge in [0.05, 0.1) is 5.69 Å². The highest BCUT2D eigenvalue weighted by atomic mass is 16.2. The van der Waals surface area contributed by atoms with Gasteiger partial charge < -0.3 is 10.2 Å². The Labute approximate surface area is 185 Å². The van der Waals surface area contributed by atoms with E-state index in [1.54, 1.807) is 0 Å². The fourth-order valence-corrected chi connectivity index (χ4v) is 4.55. The molecule has 0 bridgehead atoms. The largest absolute Gasteiger partial charge is 0.340 e. The first-order valence-corrected chi connectivity index (χ1v) is 11.3. The van der Waals surface area contributed by atoms with Gasteiger partial charge in [-0.3, -0.25) is 9.78 Å². The molecule has 1 fully saturated rings. The zero-order valence-electron chi connectivity index (χ0n) is 18.0. The minimum atomic E-state index is 0.301. The number of pyridine rings is 1. The van der Waals surface area contributed by atoms with Crippen molar-refractivity contribution in [3.63, 3.8) is 0 Å². The summed E-state index contributed by atoms with van der Waals surface area (Å²) in [5.74, 6) is 0.605. The van der Waals surface area contributed by atoms with E-state index in [0.29, 0.717) is 24.3 Å². The molecule has 3 aromatic rings. The Hall–Kier alpha value is -2.98. The van der Waals surface area contributed by atoms with Gasteiger partial charge >= 0.3 is 0 Å². The van der Waals surface area contributed by atoms with E-state index in [4.69, 9.17) is 0 Å². The first-order chi connectivity index (χ1) is 15.3. The Kier molecular flexibility index (Phi) is 7.46. The molecule has 1 aliphatic rings. The van der Waals surface area contributed by atoms with Crippen LogP contribution in [0.3, 0.4) is 0 Å². The molecule has 0 radical (unpaired) electrons. The summed E-state index contributed by atoms with van der Waals surface area (Å²) in [7, 11) is 0. The second-order valence-electron chi connectivity index (χ2n) is 8.23. The van der Waals surface area contributed by atoms with E-state index in [-0.39, 0.29) is 0 Å². The maximum absolute atomic E-state index is 12.6. The molecule has 2 aromatic carbocycles. The van der Waals surface area contributed by atoms with Crippen LogP contribution in [0, 0.1) is 0 Å². The van der Waals surface area contributed by atoms with E-state index in [9.17, 15) is 4.79 Å². The average molecular weight is 414 g/mol. The van der Waals surface area contributed by atoms with Gasteiger partial charge in [-0.15, -0.1) is 0 Å². The number of nitrogens with zero attached hydrogens (tertiary/aromatic N) is 2. The Balaban J connectivity index is 1.35. The maximum Gasteiger partial charge on any atom is 0.222 e. The third-order valence-corrected chi connectivity index (χ3v) is 6.20. The van der Waals surface area contributed by atoms with Crippen molar-refractivity contribution in [3.05, 3.63) is 102 Å². The standard InChI is InChI=1S/C27H31N3O/c31-27-15-14-25(16-19-28-21-24-13-7-8-18-29-24)30(27)20-17-26(22-9-3-1-4-10-22)23-11-5-2-6-12-23/h1-13,18,25-26,28H,14-17,19-21H2. The van der Waals surface area contributed by atoms with Crippen LogP contribution in [0.15, 0.2) is 85.1 Å². The van der Waals surface area contributed by atoms with Crippen LogP contribution in [0.1, 0.15) is 48.4 Å². The number of amides is 1. The summed E-state index contributed by atoms with van der Waals surface area (Å²) in [4.78, 5) is 19.1. The summed E-state index contributed by atoms with van der Waals surface area (Å²) in [5.41, 5.74) is 3.68. The third-order valence-electron chi connectivity index (χ3n) is 6.20. The molecule has 2 heterocycles. The third kappa shape index (κ3) is 5.80. The number of carbonyl (C=O) groups is 1. The summed E-state index contributed by atoms with van der Waals surface area (Å²) in [6.07, 6.45) is 5.39. The molecule has 4 rings (SSSR count). The number of rotatable bonds is 10. The molecule has 0 saturated carbocycles. The summed E-state index contributed by atoms with van der Waals surface area (Å²) in [6.45, 7) is 2.47. The molecular formula is C27H31N3O. The monoisotopic (exact) mass is 413 g/mol. The van der Waals surface area contributed by atoms with Gasteiger partial charge in [-0.25, -0.2) is 0 Å². The van der Waals surface area contributed by atoms with Crippen molar-refractivity contribution in [3.8, 4) is 0 Å². The minimum absolute atomic E-state index is 0.301. The van der Waals surface area contributed by atoms with Crippen LogP contribution >= 0.6 is 0 Å². The van der Waals surface area contributed by atoms with Gasteiger partial charge in [0.25, 0.3) is 0 Å². The summed E-state index contributed by atoms with van der Waals surface area (Å²) >= 11 is 0. The van der Waals surface area contributed by atoms with E-state index in [1.807, 2.05) is 24.4 Å². The van der Waals surface area contributed by atoms with Crippen LogP contribution in [0.5, 0.6) is 0 Å². The van der Waals surface area contributed by atoms with Gasteiger partial charge in [-0.1, -0.05) is 66.7 Å². The molecule has 1 aromatic heterocycles. The van der Waals surface area contributed by atoms with Gasteiger partial charge in [0, 0.05) is 37.7 Å². The molecule has 1 atom stereocenters. The lowest BCUT2D eigenvalue weighted by Crippen LogP contribution is -2.36. The van der Waals surface area contributed by atoms with Crippen molar-refractivity contribution < 1.29 is 4.79 Å². The van der Waals surface area contributed by atoms with Gasteiger partial charge in [-0.05, 0) is 49.1 Å². The van der Waals surface area contributed by atoms with Gasteiger partial charge in [-0.2, -0.15) is 0 Å². The molecule has 1 saturated heterocycles. The summed E-state index contributed by atoms with van der Waals surface area (Å²) < 4.78 is 0. The quantitative estimate of drug-likeness (QED) is 0.487. The highest BCUT2D eigenvalue weighted by Gasteiger charge is 2.30. The fraction of sp³-hybridized carbons (Fsp3) is 0.333. The van der Waals surface area contributed by atoms with E-state index < -0.39 is 0 Å². The molecule has 160 valence electrons. The number of nitrogens with one attached hydrogen (secondary N) is 1. The van der Waals surface area contributed by atoms with Crippen molar-refractivity contribution >= 4 is 5.91 Å². The van der Waals surface area contributed by atoms with Crippen LogP contribution < -0.4 is 5.32 Å². The number of likely N-dealkylation sites (tertiary alicyclic amines) is 1. The lowest BCUT2D eigenvalue weighted by atomic mass is 9.88. The number of aromatic nitrogens is 1. The molecule has 4 heteroatoms. The number of benzene rings is 2. The highest BCUT2D eigenvalue weighted by molar-refractivity contribution is 5.78. The van der Waals surface area contributed by atoms with E-state index in [0.717, 1.165) is 44.6 Å². The lowest BCUT2D eigenvalue weighted by molar-refractivity contribution is -0.129. The maximum atomic E-state index is 12.6. The normalized spacial score (nSPS) is 16.2. The molecule has 4 nitrogen and oxygen atoms in total. The highest BCUT2D eigenvalue weighted by Crippen LogP contribution is 2.30. The van der Waals surface area contributed by atoms with Crippen molar-refractivity contribution in [2.45, 2.75) is 44.2 Å². The SMILES string of the molecule is O=C1CCC(CCNCc2ccccn2)N1CCC(c1ccccc1)c1ccccc1. The second-order valence-corrected chi connectivity index (χ2v) is 8.23. The van der Waals surface area contributed by atoms with E-state index in [2.05, 4.69) is 75.9 Å². The zero-order chi connectivity index (χ0) is 21.3. The first kappa shape index (κ1) is 21.3. The van der Waals surface area contributed by atoms with Crippen LogP contribution in [-0.2, 0) is 11.3 Å². The molecule has 1 unspecified atom stereocenters. The lowest BCUT2D eigenvalue weighted by Gasteiger charge is -2.28. The van der Waals surface area contributed by atoms with Crippen LogP contribution in [0.2, 0.25) is 0 Å². The molecule has 0 spiro atoms. The average Bonchev–Trinajstić information content (AvgIpc) is 3.18. The Morgan fingerprint density at radius 1 is 0.935 bits per heavy atom. The van der Waals surface area contributed by atoms with Crippen molar-refractivity contribution in [2.24, 2.45) is 0 Å². The number of carbonyl (C=O) groups excluding carboxylic acids is 1. The zero-order valence-corrected chi connectivity index (χ0v) is 18.0. The first-order valence-electron chi connectivity index (χ1n) is 11.3. The van der Waals surface area contributed by atoms with Crippen LogP contribution in [0.25, 0.3) is 0 Å². The summed E-state index contributed by atoms with van der Waals surface area (Å²) in [6, 6.07) is 27.6. The van der Waals surface area contributed by atoms with Gasteiger partial charge in [0.15, 0.2) is 0 Å². The Bertz CT molecular complexity index is 891. The van der Waals surface area contributed by atoms with Crippen LogP contribution in [-0.4, -0.2) is 34.9 Å². The van der Waals surface area contributed by atoms with E-state index in [1.165, 1.54) is 11.1 Å². The Morgan fingerprint density at radius 2 is 1.61 bits per heavy atom. The minimum Gasteiger partial charge on any atom is -0.340 e. The number of hydrogen-bond acceptors (Lipinski definition) is 3. The number of hydrogen-bond donors (Lipinski definition) is 1. The molecule has 1 N–H and O–H groups in total. The summed E-state index contributed by atoms with van der Waals surface area (Å²) in [5, 5.41) is 3.48. The second kappa shape index (κ2) is 10.9. The fourth-order valence-electron chi connectivity index (χ4n) is 4.55. The van der Waals surface area contributed by atoms with Gasteiger partial charge in [0.1, 0.15) is 0 Å². The topological polar surface area (TPSA) is 45.2 Å². The van der Waals surface area contributed by atoms with E-state index >= 15 is 0 Å². The molecule has 1 amide bonds.